The first-order valence-electron chi connectivity index (χ1n) is 9.83. The topological polar surface area (TPSA) is 43.8 Å². The minimum Gasteiger partial charge on any atom is -0.396 e. The van der Waals surface area contributed by atoms with Crippen molar-refractivity contribution < 1.29 is 9.90 Å². The Kier molecular flexibility index (Phi) is 6.49. The lowest BCUT2D eigenvalue weighted by molar-refractivity contribution is -0.130. The lowest BCUT2D eigenvalue weighted by atomic mass is 9.95. The Balaban J connectivity index is 1.52. The normalized spacial score (nSPS) is 24.6. The summed E-state index contributed by atoms with van der Waals surface area (Å²) in [4.78, 5) is 17.2. The van der Waals surface area contributed by atoms with E-state index < -0.39 is 0 Å². The summed E-state index contributed by atoms with van der Waals surface area (Å²) in [6.07, 6.45) is 5.29. The standard InChI is InChI=1S/C21H32N2O2/c1-17-7-3-4-8-18(17)9-10-21(25)23-14-19(20(15-23)16-24)13-22-11-5-2-6-12-22/h3-4,7-8,19-20,24H,2,5-6,9-16H2,1H3/t19-,20-/m1/s1. The highest BCUT2D eigenvalue weighted by molar-refractivity contribution is 5.76. The molecule has 0 saturated carbocycles. The van der Waals surface area contributed by atoms with Crippen LogP contribution < -0.4 is 0 Å². The van der Waals surface area contributed by atoms with Crippen molar-refractivity contribution in [2.45, 2.75) is 39.0 Å². The summed E-state index contributed by atoms with van der Waals surface area (Å²) in [6, 6.07) is 8.30. The van der Waals surface area contributed by atoms with Crippen LogP contribution in [-0.2, 0) is 11.2 Å². The molecular weight excluding hydrogens is 312 g/mol. The van der Waals surface area contributed by atoms with Crippen molar-refractivity contribution >= 4 is 5.91 Å². The third kappa shape index (κ3) is 4.83. The number of likely N-dealkylation sites (tertiary alicyclic amines) is 2. The molecule has 2 aliphatic heterocycles. The van der Waals surface area contributed by atoms with E-state index in [4.69, 9.17) is 0 Å². The van der Waals surface area contributed by atoms with E-state index in [1.165, 1.54) is 43.5 Å². The van der Waals surface area contributed by atoms with E-state index in [0.717, 1.165) is 26.1 Å². The number of aliphatic hydroxyl groups excluding tert-OH is 1. The zero-order valence-corrected chi connectivity index (χ0v) is 15.5. The molecule has 0 spiro atoms. The van der Waals surface area contributed by atoms with Gasteiger partial charge in [0.05, 0.1) is 0 Å². The first-order chi connectivity index (χ1) is 12.2. The molecule has 2 atom stereocenters. The summed E-state index contributed by atoms with van der Waals surface area (Å²) in [5.74, 6) is 0.901. The van der Waals surface area contributed by atoms with Crippen molar-refractivity contribution in [3.05, 3.63) is 35.4 Å². The molecule has 25 heavy (non-hydrogen) atoms. The molecule has 1 amide bonds. The molecule has 1 aromatic carbocycles. The number of benzene rings is 1. The van der Waals surface area contributed by atoms with Gasteiger partial charge < -0.3 is 14.9 Å². The highest BCUT2D eigenvalue weighted by Crippen LogP contribution is 2.26. The van der Waals surface area contributed by atoms with E-state index in [1.54, 1.807) is 0 Å². The maximum atomic E-state index is 12.7. The number of hydrogen-bond donors (Lipinski definition) is 1. The van der Waals surface area contributed by atoms with Gasteiger partial charge in [-0.1, -0.05) is 30.7 Å². The van der Waals surface area contributed by atoms with E-state index >= 15 is 0 Å². The van der Waals surface area contributed by atoms with E-state index in [9.17, 15) is 9.90 Å². The Hall–Kier alpha value is -1.39. The van der Waals surface area contributed by atoms with Crippen molar-refractivity contribution in [3.8, 4) is 0 Å². The minimum atomic E-state index is 0.195. The Morgan fingerprint density at radius 1 is 1.12 bits per heavy atom. The van der Waals surface area contributed by atoms with Gasteiger partial charge in [0.2, 0.25) is 5.91 Å². The van der Waals surface area contributed by atoms with E-state index in [0.29, 0.717) is 12.3 Å². The smallest absolute Gasteiger partial charge is 0.222 e. The van der Waals surface area contributed by atoms with E-state index in [-0.39, 0.29) is 18.4 Å². The molecule has 138 valence electrons. The Morgan fingerprint density at radius 2 is 1.84 bits per heavy atom. The molecule has 0 bridgehead atoms. The Bertz CT molecular complexity index is 569. The highest BCUT2D eigenvalue weighted by Gasteiger charge is 2.35. The average Bonchev–Trinajstić information content (AvgIpc) is 3.04. The van der Waals surface area contributed by atoms with Gasteiger partial charge in [0.25, 0.3) is 0 Å². The second-order valence-electron chi connectivity index (χ2n) is 7.79. The first kappa shape index (κ1) is 18.4. The van der Waals surface area contributed by atoms with Gasteiger partial charge in [0, 0.05) is 38.6 Å². The molecule has 1 aromatic rings. The number of nitrogens with zero attached hydrogens (tertiary/aromatic N) is 2. The van der Waals surface area contributed by atoms with Crippen molar-refractivity contribution in [1.29, 1.82) is 0 Å². The number of carbonyl (C=O) groups excluding carboxylic acids is 1. The summed E-state index contributed by atoms with van der Waals surface area (Å²) in [5.41, 5.74) is 2.52. The summed E-state index contributed by atoms with van der Waals surface area (Å²) >= 11 is 0. The van der Waals surface area contributed by atoms with Crippen LogP contribution >= 0.6 is 0 Å². The lowest BCUT2D eigenvalue weighted by Crippen LogP contribution is -2.37. The molecule has 2 saturated heterocycles. The predicted octanol–water partition coefficient (Wildman–Crippen LogP) is 2.48. The zero-order chi connectivity index (χ0) is 17.6. The number of rotatable bonds is 6. The van der Waals surface area contributed by atoms with Crippen molar-refractivity contribution in [2.75, 3.05) is 39.3 Å². The second kappa shape index (κ2) is 8.81. The van der Waals surface area contributed by atoms with Gasteiger partial charge in [-0.3, -0.25) is 4.79 Å². The number of hydrogen-bond acceptors (Lipinski definition) is 3. The predicted molar refractivity (Wildman–Crippen MR) is 100 cm³/mol. The van der Waals surface area contributed by atoms with Crippen LogP contribution in [0.3, 0.4) is 0 Å². The van der Waals surface area contributed by atoms with Gasteiger partial charge in [-0.15, -0.1) is 0 Å². The summed E-state index contributed by atoms with van der Waals surface area (Å²) in [6.45, 7) is 7.22. The van der Waals surface area contributed by atoms with Crippen LogP contribution in [0.4, 0.5) is 0 Å². The van der Waals surface area contributed by atoms with Crippen LogP contribution in [0.1, 0.15) is 36.8 Å². The van der Waals surface area contributed by atoms with Gasteiger partial charge in [0.1, 0.15) is 0 Å². The van der Waals surface area contributed by atoms with Gasteiger partial charge in [-0.2, -0.15) is 0 Å². The van der Waals surface area contributed by atoms with E-state index in [1.807, 2.05) is 17.0 Å². The summed E-state index contributed by atoms with van der Waals surface area (Å²) < 4.78 is 0. The number of aryl methyl sites for hydroxylation is 2. The monoisotopic (exact) mass is 344 g/mol. The molecule has 2 aliphatic rings. The van der Waals surface area contributed by atoms with Gasteiger partial charge in [-0.25, -0.2) is 0 Å². The largest absolute Gasteiger partial charge is 0.396 e. The maximum Gasteiger partial charge on any atom is 0.222 e. The van der Waals surface area contributed by atoms with Crippen molar-refractivity contribution in [3.63, 3.8) is 0 Å². The van der Waals surface area contributed by atoms with Crippen LogP contribution in [0.25, 0.3) is 0 Å². The molecule has 0 aliphatic carbocycles. The molecule has 4 heteroatoms. The number of aliphatic hydroxyl groups is 1. The first-order valence-corrected chi connectivity index (χ1v) is 9.83. The van der Waals surface area contributed by atoms with Gasteiger partial charge >= 0.3 is 0 Å². The second-order valence-corrected chi connectivity index (χ2v) is 7.79. The number of carbonyl (C=O) groups is 1. The quantitative estimate of drug-likeness (QED) is 0.862. The lowest BCUT2D eigenvalue weighted by Gasteiger charge is -2.30. The molecule has 2 heterocycles. The fraction of sp³-hybridized carbons (Fsp3) is 0.667. The molecule has 0 unspecified atom stereocenters. The average molecular weight is 344 g/mol. The van der Waals surface area contributed by atoms with Crippen molar-refractivity contribution in [2.24, 2.45) is 11.8 Å². The third-order valence-electron chi connectivity index (χ3n) is 5.97. The highest BCUT2D eigenvalue weighted by atomic mass is 16.3. The molecule has 1 N–H and O–H groups in total. The van der Waals surface area contributed by atoms with Crippen LogP contribution in [-0.4, -0.2) is 60.1 Å². The number of amides is 1. The summed E-state index contributed by atoms with van der Waals surface area (Å²) in [5, 5.41) is 9.75. The maximum absolute atomic E-state index is 12.7. The van der Waals surface area contributed by atoms with Crippen LogP contribution in [0, 0.1) is 18.8 Å². The van der Waals surface area contributed by atoms with Crippen LogP contribution in [0.5, 0.6) is 0 Å². The summed E-state index contributed by atoms with van der Waals surface area (Å²) in [7, 11) is 0. The fourth-order valence-electron chi connectivity index (χ4n) is 4.32. The Morgan fingerprint density at radius 3 is 2.56 bits per heavy atom. The Labute approximate surface area is 151 Å². The van der Waals surface area contributed by atoms with Crippen LogP contribution in [0.15, 0.2) is 24.3 Å². The molecule has 0 radical (unpaired) electrons. The molecule has 4 nitrogen and oxygen atoms in total. The fourth-order valence-corrected chi connectivity index (χ4v) is 4.32. The molecular formula is C21H32N2O2. The van der Waals surface area contributed by atoms with Crippen molar-refractivity contribution in [1.82, 2.24) is 9.80 Å². The number of piperidine rings is 1. The van der Waals surface area contributed by atoms with Gasteiger partial charge in [0.15, 0.2) is 0 Å². The SMILES string of the molecule is Cc1ccccc1CCC(=O)N1C[C@@H](CN2CCCCC2)[C@@H](CO)C1. The van der Waals surface area contributed by atoms with E-state index in [2.05, 4.69) is 24.0 Å². The third-order valence-corrected chi connectivity index (χ3v) is 5.97. The minimum absolute atomic E-state index is 0.195. The van der Waals surface area contributed by atoms with Gasteiger partial charge in [-0.05, 0) is 56.3 Å². The zero-order valence-electron chi connectivity index (χ0n) is 15.5. The molecule has 0 aromatic heterocycles. The molecule has 3 rings (SSSR count). The molecule has 2 fully saturated rings. The van der Waals surface area contributed by atoms with Crippen LogP contribution in [0.2, 0.25) is 0 Å².